The van der Waals surface area contributed by atoms with Gasteiger partial charge in [0.05, 0.1) is 16.5 Å². The van der Waals surface area contributed by atoms with Crippen LogP contribution in [0.3, 0.4) is 0 Å². The number of non-ortho nitro benzene ring substituents is 1. The van der Waals surface area contributed by atoms with E-state index in [0.717, 1.165) is 11.1 Å². The number of hydrogen-bond acceptors (Lipinski definition) is 3. The third kappa shape index (κ3) is 3.11. The van der Waals surface area contributed by atoms with Crippen LogP contribution in [0.5, 0.6) is 0 Å². The molecular weight excluding hydrogens is 340 g/mol. The number of nitro groups is 1. The maximum Gasteiger partial charge on any atom is 0.270 e. The molecule has 0 aliphatic heterocycles. The zero-order chi connectivity index (χ0) is 18.8. The molecule has 4 rings (SSSR count). The third-order valence-corrected chi connectivity index (χ3v) is 4.61. The summed E-state index contributed by atoms with van der Waals surface area (Å²) < 4.78 is 1.70. The standard InChI is InChI=1S/C22H16N2O3/c25-21-14-11-18-15-19(24(26)27)12-13-20(18)23(21)22(16-7-3-1-4-8-16)17-9-5-2-6-10-17/h1-15,22H. The number of aromatic nitrogens is 1. The summed E-state index contributed by atoms with van der Waals surface area (Å²) in [5, 5.41) is 11.8. The summed E-state index contributed by atoms with van der Waals surface area (Å²) in [7, 11) is 0. The van der Waals surface area contributed by atoms with Crippen molar-refractivity contribution in [2.24, 2.45) is 0 Å². The highest BCUT2D eigenvalue weighted by Gasteiger charge is 2.20. The van der Waals surface area contributed by atoms with Crippen LogP contribution in [0.15, 0.2) is 95.8 Å². The molecule has 1 heterocycles. The number of pyridine rings is 1. The van der Waals surface area contributed by atoms with E-state index in [9.17, 15) is 14.9 Å². The van der Waals surface area contributed by atoms with Gasteiger partial charge in [0.25, 0.3) is 11.2 Å². The first-order chi connectivity index (χ1) is 13.1. The average Bonchev–Trinajstić information content (AvgIpc) is 2.71. The van der Waals surface area contributed by atoms with Crippen molar-refractivity contribution in [1.29, 1.82) is 0 Å². The Kier molecular flexibility index (Phi) is 4.26. The van der Waals surface area contributed by atoms with Gasteiger partial charge in [-0.05, 0) is 23.3 Å². The second-order valence-electron chi connectivity index (χ2n) is 6.27. The van der Waals surface area contributed by atoms with E-state index in [0.29, 0.717) is 10.9 Å². The Morgan fingerprint density at radius 3 is 1.93 bits per heavy atom. The summed E-state index contributed by atoms with van der Waals surface area (Å²) in [6.45, 7) is 0. The Morgan fingerprint density at radius 1 is 0.778 bits per heavy atom. The minimum absolute atomic E-state index is 0.00340. The highest BCUT2D eigenvalue weighted by atomic mass is 16.6. The zero-order valence-corrected chi connectivity index (χ0v) is 14.4. The maximum absolute atomic E-state index is 12.9. The van der Waals surface area contributed by atoms with E-state index in [2.05, 4.69) is 0 Å². The van der Waals surface area contributed by atoms with Gasteiger partial charge in [0.1, 0.15) is 0 Å². The number of fused-ring (bicyclic) bond motifs is 1. The van der Waals surface area contributed by atoms with E-state index < -0.39 is 4.92 Å². The predicted molar refractivity (Wildman–Crippen MR) is 105 cm³/mol. The molecule has 132 valence electrons. The molecule has 0 spiro atoms. The van der Waals surface area contributed by atoms with Crippen molar-refractivity contribution >= 4 is 16.6 Å². The van der Waals surface area contributed by atoms with E-state index in [-0.39, 0.29) is 17.3 Å². The minimum Gasteiger partial charge on any atom is -0.297 e. The van der Waals surface area contributed by atoms with Crippen molar-refractivity contribution < 1.29 is 4.92 Å². The molecule has 5 heteroatoms. The molecule has 0 amide bonds. The monoisotopic (exact) mass is 356 g/mol. The first-order valence-corrected chi connectivity index (χ1v) is 8.55. The molecule has 0 saturated carbocycles. The summed E-state index contributed by atoms with van der Waals surface area (Å²) in [6.07, 6.45) is 0. The average molecular weight is 356 g/mol. The summed E-state index contributed by atoms with van der Waals surface area (Å²) >= 11 is 0. The van der Waals surface area contributed by atoms with Crippen LogP contribution in [-0.2, 0) is 0 Å². The summed E-state index contributed by atoms with van der Waals surface area (Å²) in [5.74, 6) is 0. The van der Waals surface area contributed by atoms with E-state index in [1.54, 1.807) is 16.7 Å². The van der Waals surface area contributed by atoms with Crippen LogP contribution < -0.4 is 5.56 Å². The van der Waals surface area contributed by atoms with Crippen LogP contribution in [0.25, 0.3) is 10.9 Å². The van der Waals surface area contributed by atoms with Crippen LogP contribution in [0.1, 0.15) is 17.2 Å². The molecule has 0 fully saturated rings. The summed E-state index contributed by atoms with van der Waals surface area (Å²) in [6, 6.07) is 26.9. The number of nitro benzene ring substituents is 1. The van der Waals surface area contributed by atoms with Crippen molar-refractivity contribution in [3.05, 3.63) is 123 Å². The van der Waals surface area contributed by atoms with Crippen LogP contribution >= 0.6 is 0 Å². The van der Waals surface area contributed by atoms with Crippen molar-refractivity contribution in [3.8, 4) is 0 Å². The SMILES string of the molecule is O=c1ccc2cc([N+](=O)[O-])ccc2n1C(c1ccccc1)c1ccccc1. The molecule has 0 atom stereocenters. The van der Waals surface area contributed by atoms with Gasteiger partial charge in [-0.25, -0.2) is 0 Å². The Bertz CT molecular complexity index is 1130. The van der Waals surface area contributed by atoms with Crippen molar-refractivity contribution in [2.75, 3.05) is 0 Å². The molecule has 0 bridgehead atoms. The van der Waals surface area contributed by atoms with Crippen LogP contribution in [0.2, 0.25) is 0 Å². The lowest BCUT2D eigenvalue weighted by atomic mass is 9.97. The molecule has 0 saturated heterocycles. The predicted octanol–water partition coefficient (Wildman–Crippen LogP) is 4.55. The number of nitrogens with zero attached hydrogens (tertiary/aromatic N) is 2. The van der Waals surface area contributed by atoms with Crippen LogP contribution in [0.4, 0.5) is 5.69 Å². The topological polar surface area (TPSA) is 65.1 Å². The molecular formula is C22H16N2O3. The first-order valence-electron chi connectivity index (χ1n) is 8.55. The molecule has 0 radical (unpaired) electrons. The smallest absolute Gasteiger partial charge is 0.270 e. The fourth-order valence-corrected chi connectivity index (χ4v) is 3.40. The van der Waals surface area contributed by atoms with Gasteiger partial charge in [-0.2, -0.15) is 0 Å². The summed E-state index contributed by atoms with van der Waals surface area (Å²) in [5.41, 5.74) is 2.44. The van der Waals surface area contributed by atoms with E-state index in [1.165, 1.54) is 18.2 Å². The van der Waals surface area contributed by atoms with Gasteiger partial charge in [0, 0.05) is 23.6 Å². The molecule has 0 aliphatic rings. The normalized spacial score (nSPS) is 11.0. The molecule has 27 heavy (non-hydrogen) atoms. The maximum atomic E-state index is 12.9. The van der Waals surface area contributed by atoms with Gasteiger partial charge in [0.15, 0.2) is 0 Å². The number of rotatable bonds is 4. The second kappa shape index (κ2) is 6.88. The van der Waals surface area contributed by atoms with Crippen molar-refractivity contribution in [1.82, 2.24) is 4.57 Å². The lowest BCUT2D eigenvalue weighted by Crippen LogP contribution is -2.26. The molecule has 0 aliphatic carbocycles. The van der Waals surface area contributed by atoms with Crippen molar-refractivity contribution in [3.63, 3.8) is 0 Å². The van der Waals surface area contributed by atoms with Gasteiger partial charge >= 0.3 is 0 Å². The molecule has 3 aromatic carbocycles. The fourth-order valence-electron chi connectivity index (χ4n) is 3.40. The molecule has 4 aromatic rings. The molecule has 0 N–H and O–H groups in total. The van der Waals surface area contributed by atoms with Gasteiger partial charge in [-0.15, -0.1) is 0 Å². The quantitative estimate of drug-likeness (QED) is 0.398. The Hall–Kier alpha value is -3.73. The third-order valence-electron chi connectivity index (χ3n) is 4.61. The lowest BCUT2D eigenvalue weighted by molar-refractivity contribution is -0.384. The number of hydrogen-bond donors (Lipinski definition) is 0. The molecule has 0 unspecified atom stereocenters. The van der Waals surface area contributed by atoms with Gasteiger partial charge < -0.3 is 0 Å². The van der Waals surface area contributed by atoms with E-state index in [4.69, 9.17) is 0 Å². The Balaban J connectivity index is 2.03. The summed E-state index contributed by atoms with van der Waals surface area (Å²) in [4.78, 5) is 23.5. The van der Waals surface area contributed by atoms with Gasteiger partial charge in [0.2, 0.25) is 0 Å². The highest BCUT2D eigenvalue weighted by Crippen LogP contribution is 2.29. The second-order valence-corrected chi connectivity index (χ2v) is 6.27. The molecule has 1 aromatic heterocycles. The van der Waals surface area contributed by atoms with E-state index in [1.807, 2.05) is 60.7 Å². The largest absolute Gasteiger partial charge is 0.297 e. The first kappa shape index (κ1) is 16.7. The fraction of sp³-hybridized carbons (Fsp3) is 0.0455. The lowest BCUT2D eigenvalue weighted by Gasteiger charge is -2.23. The zero-order valence-electron chi connectivity index (χ0n) is 14.4. The van der Waals surface area contributed by atoms with Crippen molar-refractivity contribution in [2.45, 2.75) is 6.04 Å². The Labute approximate surface area is 155 Å². The van der Waals surface area contributed by atoms with Gasteiger partial charge in [-0.1, -0.05) is 60.7 Å². The highest BCUT2D eigenvalue weighted by molar-refractivity contribution is 5.82. The van der Waals surface area contributed by atoms with Crippen LogP contribution in [0, 0.1) is 10.1 Å². The van der Waals surface area contributed by atoms with Gasteiger partial charge in [-0.3, -0.25) is 19.5 Å². The molecule has 5 nitrogen and oxygen atoms in total. The van der Waals surface area contributed by atoms with Crippen LogP contribution in [-0.4, -0.2) is 9.49 Å². The Morgan fingerprint density at radius 2 is 1.37 bits per heavy atom. The number of benzene rings is 3. The van der Waals surface area contributed by atoms with E-state index >= 15 is 0 Å². The minimum atomic E-state index is -0.430.